The number of aliphatic hydroxyl groups is 1. The highest BCUT2D eigenvalue weighted by Crippen LogP contribution is 2.45. The Morgan fingerprint density at radius 3 is 0.798 bits per heavy atom. The highest BCUT2D eigenvalue weighted by molar-refractivity contribution is 7.47. The number of carbonyl (C=O) groups is 4. The lowest BCUT2D eigenvalue weighted by atomic mass is 9.99. The van der Waals surface area contributed by atoms with E-state index in [1.54, 1.807) is 0 Å². The second-order valence-electron chi connectivity index (χ2n) is 25.5. The van der Waals surface area contributed by atoms with E-state index in [1.165, 1.54) is 173 Å². The minimum atomic E-state index is -4.95. The largest absolute Gasteiger partial charge is 0.472 e. The molecule has 0 aromatic heterocycles. The molecule has 3 N–H and O–H groups in total. The van der Waals surface area contributed by atoms with Gasteiger partial charge in [0.05, 0.1) is 26.4 Å². The second-order valence-corrected chi connectivity index (χ2v) is 28.4. The molecule has 0 amide bonds. The summed E-state index contributed by atoms with van der Waals surface area (Å²) in [5.41, 5.74) is 0. The number of phosphoric acid groups is 2. The van der Waals surface area contributed by atoms with Crippen LogP contribution in [-0.4, -0.2) is 96.7 Å². The fraction of sp³-hybridized carbons (Fsp3) is 0.943. The van der Waals surface area contributed by atoms with Crippen LogP contribution in [0.4, 0.5) is 0 Å². The van der Waals surface area contributed by atoms with Gasteiger partial charge in [0.1, 0.15) is 19.3 Å². The van der Waals surface area contributed by atoms with Gasteiger partial charge in [-0.25, -0.2) is 9.13 Å². The van der Waals surface area contributed by atoms with Crippen LogP contribution in [0.1, 0.15) is 362 Å². The number of ether oxygens (including phenoxy) is 4. The smallest absolute Gasteiger partial charge is 0.462 e. The molecule has 17 nitrogen and oxygen atoms in total. The van der Waals surface area contributed by atoms with Crippen molar-refractivity contribution in [1.82, 2.24) is 0 Å². The van der Waals surface area contributed by atoms with Gasteiger partial charge >= 0.3 is 39.5 Å². The molecule has 0 aromatic carbocycles. The van der Waals surface area contributed by atoms with E-state index >= 15 is 0 Å². The lowest BCUT2D eigenvalue weighted by Gasteiger charge is -2.21. The SMILES string of the molecule is CCCCCCCCCCCCCCCCCCCCC(=O)OC[C@H](COP(=O)(O)OC[C@@H](O)COP(=O)(O)OC[C@@H](COC(=O)CCCCCCC)OC(=O)CCCCCCCCCC)OC(=O)CCCCCCCCCCCCCCCCC(C)CC. The molecule has 0 bridgehead atoms. The molecule has 0 radical (unpaired) electrons. The number of esters is 4. The molecule has 0 aliphatic heterocycles. The zero-order chi connectivity index (χ0) is 65.6. The molecule has 528 valence electrons. The number of hydrogen-bond acceptors (Lipinski definition) is 15. The first kappa shape index (κ1) is 87.1. The van der Waals surface area contributed by atoms with Crippen molar-refractivity contribution in [3.63, 3.8) is 0 Å². The van der Waals surface area contributed by atoms with Crippen LogP contribution < -0.4 is 0 Å². The third kappa shape index (κ3) is 63.2. The lowest BCUT2D eigenvalue weighted by molar-refractivity contribution is -0.161. The number of carbonyl (C=O) groups excluding carboxylic acids is 4. The van der Waals surface area contributed by atoms with Crippen molar-refractivity contribution in [2.24, 2.45) is 5.92 Å². The van der Waals surface area contributed by atoms with Crippen molar-refractivity contribution in [2.75, 3.05) is 39.6 Å². The molecule has 19 heteroatoms. The predicted molar refractivity (Wildman–Crippen MR) is 358 cm³/mol. The first-order valence-corrected chi connectivity index (χ1v) is 39.7. The summed E-state index contributed by atoms with van der Waals surface area (Å²) in [6.07, 6.45) is 50.5. The highest BCUT2D eigenvalue weighted by Gasteiger charge is 2.30. The van der Waals surface area contributed by atoms with Crippen molar-refractivity contribution in [3.8, 4) is 0 Å². The van der Waals surface area contributed by atoms with Gasteiger partial charge in [-0.1, -0.05) is 311 Å². The minimum Gasteiger partial charge on any atom is -0.462 e. The molecule has 89 heavy (non-hydrogen) atoms. The maximum atomic E-state index is 13.0. The minimum absolute atomic E-state index is 0.104. The van der Waals surface area contributed by atoms with Crippen LogP contribution in [0.15, 0.2) is 0 Å². The summed E-state index contributed by atoms with van der Waals surface area (Å²) in [4.78, 5) is 72.1. The van der Waals surface area contributed by atoms with Gasteiger partial charge in [0.15, 0.2) is 12.2 Å². The van der Waals surface area contributed by atoms with Gasteiger partial charge in [-0.15, -0.1) is 0 Å². The first-order chi connectivity index (χ1) is 43.1. The van der Waals surface area contributed by atoms with Gasteiger partial charge in [-0.2, -0.15) is 0 Å². The standard InChI is InChI=1S/C70H136O17P2/c1-6-10-13-16-18-20-21-22-23-24-25-26-30-33-36-40-44-49-54-68(73)81-60-66(87-70(75)56-51-46-41-37-34-31-28-27-29-32-35-38-43-47-52-63(5)9-4)62-85-89(78,79)83-58-64(71)57-82-88(76,77)84-61-65(59-80-67(72)53-48-42-15-12-8-3)86-69(74)55-50-45-39-19-17-14-11-7-2/h63-66,71H,6-62H2,1-5H3,(H,76,77)(H,78,79)/t63?,64-,65+,66+/m0/s1. The third-order valence-corrected chi connectivity index (χ3v) is 18.5. The normalized spacial score (nSPS) is 14.4. The molecule has 6 atom stereocenters. The van der Waals surface area contributed by atoms with Crippen molar-refractivity contribution in [2.45, 2.75) is 380 Å². The Labute approximate surface area is 543 Å². The maximum absolute atomic E-state index is 13.0. The van der Waals surface area contributed by atoms with Gasteiger partial charge in [0, 0.05) is 25.7 Å². The van der Waals surface area contributed by atoms with Crippen molar-refractivity contribution in [3.05, 3.63) is 0 Å². The van der Waals surface area contributed by atoms with Gasteiger partial charge in [-0.3, -0.25) is 37.3 Å². The number of aliphatic hydroxyl groups excluding tert-OH is 1. The van der Waals surface area contributed by atoms with Crippen LogP contribution >= 0.6 is 15.6 Å². The molecule has 0 saturated heterocycles. The summed E-state index contributed by atoms with van der Waals surface area (Å²) in [6, 6.07) is 0. The number of hydrogen-bond donors (Lipinski definition) is 3. The van der Waals surface area contributed by atoms with Gasteiger partial charge < -0.3 is 33.8 Å². The van der Waals surface area contributed by atoms with E-state index in [0.717, 1.165) is 109 Å². The molecular weight excluding hydrogens is 1170 g/mol. The molecule has 3 unspecified atom stereocenters. The Morgan fingerprint density at radius 1 is 0.315 bits per heavy atom. The molecule has 0 aliphatic carbocycles. The average Bonchev–Trinajstić information content (AvgIpc) is 3.59. The van der Waals surface area contributed by atoms with Crippen molar-refractivity contribution < 1.29 is 80.2 Å². The number of phosphoric ester groups is 2. The maximum Gasteiger partial charge on any atom is 0.472 e. The topological polar surface area (TPSA) is 237 Å². The predicted octanol–water partition coefficient (Wildman–Crippen LogP) is 20.1. The number of unbranched alkanes of at least 4 members (excludes halogenated alkanes) is 41. The van der Waals surface area contributed by atoms with Crippen LogP contribution in [0.5, 0.6) is 0 Å². The van der Waals surface area contributed by atoms with E-state index in [9.17, 15) is 43.2 Å². The fourth-order valence-electron chi connectivity index (χ4n) is 10.6. The van der Waals surface area contributed by atoms with Crippen LogP contribution in [-0.2, 0) is 65.4 Å². The van der Waals surface area contributed by atoms with E-state index in [0.29, 0.717) is 25.7 Å². The Hall–Kier alpha value is -1.94. The number of rotatable bonds is 70. The zero-order valence-electron chi connectivity index (χ0n) is 57.6. The Bertz CT molecular complexity index is 1720. The first-order valence-electron chi connectivity index (χ1n) is 36.7. The molecule has 0 fully saturated rings. The summed E-state index contributed by atoms with van der Waals surface area (Å²) in [5, 5.41) is 10.5. The van der Waals surface area contributed by atoms with Gasteiger partial charge in [0.2, 0.25) is 0 Å². The average molecular weight is 1310 g/mol. The molecule has 0 spiro atoms. The van der Waals surface area contributed by atoms with Crippen molar-refractivity contribution >= 4 is 39.5 Å². The fourth-order valence-corrected chi connectivity index (χ4v) is 12.2. The molecule has 0 aromatic rings. The molecule has 0 rings (SSSR count). The summed E-state index contributed by atoms with van der Waals surface area (Å²) in [7, 11) is -9.88. The Morgan fingerprint density at radius 2 is 0.539 bits per heavy atom. The summed E-state index contributed by atoms with van der Waals surface area (Å²) < 4.78 is 68.0. The zero-order valence-corrected chi connectivity index (χ0v) is 59.4. The Kier molecular flexibility index (Phi) is 62.1. The highest BCUT2D eigenvalue weighted by atomic mass is 31.2. The monoisotopic (exact) mass is 1310 g/mol. The van der Waals surface area contributed by atoms with Crippen LogP contribution in [0.25, 0.3) is 0 Å². The van der Waals surface area contributed by atoms with Gasteiger partial charge in [-0.05, 0) is 31.6 Å². The van der Waals surface area contributed by atoms with Crippen LogP contribution in [0.2, 0.25) is 0 Å². The van der Waals surface area contributed by atoms with Gasteiger partial charge in [0.25, 0.3) is 0 Å². The summed E-state index contributed by atoms with van der Waals surface area (Å²) in [5.74, 6) is -1.29. The molecule has 0 heterocycles. The van der Waals surface area contributed by atoms with E-state index in [-0.39, 0.29) is 25.7 Å². The molecule has 0 aliphatic rings. The van der Waals surface area contributed by atoms with E-state index in [2.05, 4.69) is 34.6 Å². The summed E-state index contributed by atoms with van der Waals surface area (Å²) >= 11 is 0. The molecule has 0 saturated carbocycles. The third-order valence-electron chi connectivity index (χ3n) is 16.6. The van der Waals surface area contributed by atoms with E-state index in [1.807, 2.05) is 0 Å². The van der Waals surface area contributed by atoms with E-state index < -0.39 is 97.5 Å². The van der Waals surface area contributed by atoms with Crippen LogP contribution in [0.3, 0.4) is 0 Å². The van der Waals surface area contributed by atoms with Crippen LogP contribution in [0, 0.1) is 5.92 Å². The van der Waals surface area contributed by atoms with Crippen molar-refractivity contribution in [1.29, 1.82) is 0 Å². The summed E-state index contributed by atoms with van der Waals surface area (Å²) in [6.45, 7) is 7.18. The second kappa shape index (κ2) is 63.5. The van der Waals surface area contributed by atoms with E-state index in [4.69, 9.17) is 37.0 Å². The quantitative estimate of drug-likeness (QED) is 0.0222. The Balaban J connectivity index is 5.12. The lowest BCUT2D eigenvalue weighted by Crippen LogP contribution is -2.30. The molecular formula is C70H136O17P2.